The third-order valence-electron chi connectivity index (χ3n) is 3.90. The number of halogens is 2. The van der Waals surface area contributed by atoms with Crippen LogP contribution in [0.3, 0.4) is 0 Å². The third-order valence-corrected chi connectivity index (χ3v) is 3.90. The van der Waals surface area contributed by atoms with Crippen LogP contribution in [0.4, 0.5) is 4.39 Å². The maximum absolute atomic E-state index is 13.4. The van der Waals surface area contributed by atoms with E-state index in [0.29, 0.717) is 12.5 Å². The maximum Gasteiger partial charge on any atom is 0.194 e. The van der Waals surface area contributed by atoms with E-state index in [0.717, 1.165) is 50.8 Å². The van der Waals surface area contributed by atoms with Gasteiger partial charge >= 0.3 is 0 Å². The van der Waals surface area contributed by atoms with Gasteiger partial charge in [-0.05, 0) is 38.0 Å². The number of nitrogens with one attached hydrogen (secondary N) is 1. The van der Waals surface area contributed by atoms with Crippen LogP contribution in [0.1, 0.15) is 25.8 Å². The van der Waals surface area contributed by atoms with Gasteiger partial charge in [0, 0.05) is 32.2 Å². The molecule has 1 aromatic rings. The lowest BCUT2D eigenvalue weighted by Gasteiger charge is -2.21. The third kappa shape index (κ3) is 6.08. The Morgan fingerprint density at radius 2 is 2.25 bits per heavy atom. The van der Waals surface area contributed by atoms with Crippen molar-refractivity contribution in [3.63, 3.8) is 0 Å². The lowest BCUT2D eigenvalue weighted by molar-refractivity contribution is 0.114. The number of aromatic hydroxyl groups is 1. The Hall–Kier alpha value is -1.09. The molecule has 24 heavy (non-hydrogen) atoms. The summed E-state index contributed by atoms with van der Waals surface area (Å²) in [7, 11) is 0. The zero-order valence-corrected chi connectivity index (χ0v) is 16.6. The first-order valence-electron chi connectivity index (χ1n) is 8.22. The first-order valence-corrected chi connectivity index (χ1v) is 8.22. The monoisotopic (exact) mass is 451 g/mol. The van der Waals surface area contributed by atoms with Crippen LogP contribution in [0.25, 0.3) is 0 Å². The summed E-state index contributed by atoms with van der Waals surface area (Å²) in [6.45, 7) is 8.62. The summed E-state index contributed by atoms with van der Waals surface area (Å²) >= 11 is 0. The van der Waals surface area contributed by atoms with Crippen molar-refractivity contribution in [1.82, 2.24) is 10.2 Å². The van der Waals surface area contributed by atoms with E-state index >= 15 is 0 Å². The average molecular weight is 451 g/mol. The predicted molar refractivity (Wildman–Crippen MR) is 104 cm³/mol. The van der Waals surface area contributed by atoms with Crippen molar-refractivity contribution >= 4 is 29.9 Å². The SMILES string of the molecule is CCNC(=NCc1ccc(O)c(F)c1)N1CCC(COCC)C1.I. The largest absolute Gasteiger partial charge is 0.505 e. The summed E-state index contributed by atoms with van der Waals surface area (Å²) in [5, 5.41) is 12.5. The molecule has 0 radical (unpaired) electrons. The second-order valence-corrected chi connectivity index (χ2v) is 5.72. The Morgan fingerprint density at radius 3 is 2.92 bits per heavy atom. The Balaban J connectivity index is 0.00000288. The standard InChI is InChI=1S/C17H26FN3O2.HI/c1-3-19-17(21-8-7-14(11-21)12-23-4-2)20-10-13-5-6-16(22)15(18)9-13;/h5-6,9,14,22H,3-4,7-8,10-12H2,1-2H3,(H,19,20);1H. The van der Waals surface area contributed by atoms with Crippen molar-refractivity contribution in [3.8, 4) is 5.75 Å². The van der Waals surface area contributed by atoms with Gasteiger partial charge < -0.3 is 20.1 Å². The van der Waals surface area contributed by atoms with Gasteiger partial charge in [0.2, 0.25) is 0 Å². The first-order chi connectivity index (χ1) is 11.1. The Kier molecular flexibility index (Phi) is 9.35. The molecule has 0 spiro atoms. The molecule has 0 amide bonds. The van der Waals surface area contributed by atoms with Gasteiger partial charge in [0.05, 0.1) is 13.2 Å². The lowest BCUT2D eigenvalue weighted by Crippen LogP contribution is -2.40. The van der Waals surface area contributed by atoms with Gasteiger partial charge in [-0.15, -0.1) is 24.0 Å². The molecule has 1 saturated heterocycles. The minimum atomic E-state index is -0.611. The van der Waals surface area contributed by atoms with Crippen molar-refractivity contribution in [2.45, 2.75) is 26.8 Å². The number of phenols is 1. The second kappa shape index (κ2) is 10.7. The summed E-state index contributed by atoms with van der Waals surface area (Å²) in [4.78, 5) is 6.82. The highest BCUT2D eigenvalue weighted by atomic mass is 127. The Labute approximate surface area is 160 Å². The average Bonchev–Trinajstić information content (AvgIpc) is 3.01. The van der Waals surface area contributed by atoms with Gasteiger partial charge in [0.1, 0.15) is 0 Å². The van der Waals surface area contributed by atoms with Crippen LogP contribution in [0.5, 0.6) is 5.75 Å². The Morgan fingerprint density at radius 1 is 1.46 bits per heavy atom. The number of rotatable bonds is 6. The molecule has 5 nitrogen and oxygen atoms in total. The summed E-state index contributed by atoms with van der Waals surface area (Å²) in [6, 6.07) is 4.37. The molecule has 2 rings (SSSR count). The summed E-state index contributed by atoms with van der Waals surface area (Å²) in [6.07, 6.45) is 1.10. The van der Waals surface area contributed by atoms with Crippen LogP contribution < -0.4 is 5.32 Å². The highest BCUT2D eigenvalue weighted by Gasteiger charge is 2.24. The molecular weight excluding hydrogens is 424 g/mol. The number of ether oxygens (including phenoxy) is 1. The van der Waals surface area contributed by atoms with Crippen LogP contribution >= 0.6 is 24.0 Å². The molecule has 0 saturated carbocycles. The van der Waals surface area contributed by atoms with Crippen molar-refractivity contribution in [1.29, 1.82) is 0 Å². The van der Waals surface area contributed by atoms with E-state index in [1.54, 1.807) is 6.07 Å². The molecule has 0 aromatic heterocycles. The molecular formula is C17H27FIN3O2. The van der Waals surface area contributed by atoms with Crippen LogP contribution in [0.15, 0.2) is 23.2 Å². The predicted octanol–water partition coefficient (Wildman–Crippen LogP) is 2.97. The van der Waals surface area contributed by atoms with Gasteiger partial charge in [-0.2, -0.15) is 0 Å². The fraction of sp³-hybridized carbons (Fsp3) is 0.588. The summed E-state index contributed by atoms with van der Waals surface area (Å²) < 4.78 is 18.9. The van der Waals surface area contributed by atoms with E-state index in [1.807, 2.05) is 13.8 Å². The van der Waals surface area contributed by atoms with Gasteiger partial charge in [0.25, 0.3) is 0 Å². The van der Waals surface area contributed by atoms with Crippen molar-refractivity contribution in [2.24, 2.45) is 10.9 Å². The molecule has 1 unspecified atom stereocenters. The quantitative estimate of drug-likeness (QED) is 0.397. The minimum Gasteiger partial charge on any atom is -0.505 e. The molecule has 2 N–H and O–H groups in total. The molecule has 0 bridgehead atoms. The number of hydrogen-bond acceptors (Lipinski definition) is 3. The highest BCUT2D eigenvalue weighted by molar-refractivity contribution is 14.0. The highest BCUT2D eigenvalue weighted by Crippen LogP contribution is 2.18. The number of guanidine groups is 1. The fourth-order valence-electron chi connectivity index (χ4n) is 2.69. The number of nitrogens with zero attached hydrogens (tertiary/aromatic N) is 2. The van der Waals surface area contributed by atoms with Gasteiger partial charge in [0.15, 0.2) is 17.5 Å². The van der Waals surface area contributed by atoms with E-state index < -0.39 is 5.82 Å². The number of phenolic OH excluding ortho intramolecular Hbond substituents is 1. The molecule has 136 valence electrons. The number of hydrogen-bond donors (Lipinski definition) is 2. The fourth-order valence-corrected chi connectivity index (χ4v) is 2.69. The molecule has 1 aliphatic rings. The maximum atomic E-state index is 13.4. The van der Waals surface area contributed by atoms with Gasteiger partial charge in [-0.3, -0.25) is 0 Å². The molecule has 1 heterocycles. The smallest absolute Gasteiger partial charge is 0.194 e. The molecule has 1 aliphatic heterocycles. The number of aliphatic imine (C=N–C) groups is 1. The molecule has 7 heteroatoms. The topological polar surface area (TPSA) is 57.1 Å². The van der Waals surface area contributed by atoms with E-state index in [4.69, 9.17) is 4.74 Å². The Bertz CT molecular complexity index is 543. The van der Waals surface area contributed by atoms with E-state index in [-0.39, 0.29) is 29.7 Å². The van der Waals surface area contributed by atoms with Crippen LogP contribution in [0, 0.1) is 11.7 Å². The zero-order valence-electron chi connectivity index (χ0n) is 14.3. The van der Waals surface area contributed by atoms with E-state index in [1.165, 1.54) is 12.1 Å². The van der Waals surface area contributed by atoms with Gasteiger partial charge in [-0.25, -0.2) is 9.38 Å². The summed E-state index contributed by atoms with van der Waals surface area (Å²) in [5.41, 5.74) is 0.737. The van der Waals surface area contributed by atoms with Crippen LogP contribution in [-0.4, -0.2) is 48.8 Å². The normalized spacial score (nSPS) is 17.7. The first kappa shape index (κ1) is 21.0. The molecule has 1 fully saturated rings. The van der Waals surface area contributed by atoms with Crippen molar-refractivity contribution < 1.29 is 14.2 Å². The number of likely N-dealkylation sites (tertiary alicyclic amines) is 1. The van der Waals surface area contributed by atoms with Crippen LogP contribution in [0.2, 0.25) is 0 Å². The second-order valence-electron chi connectivity index (χ2n) is 5.72. The van der Waals surface area contributed by atoms with Crippen molar-refractivity contribution in [2.75, 3.05) is 32.8 Å². The summed E-state index contributed by atoms with van der Waals surface area (Å²) in [5.74, 6) is 0.438. The minimum absolute atomic E-state index is 0. The number of benzene rings is 1. The van der Waals surface area contributed by atoms with Crippen LogP contribution in [-0.2, 0) is 11.3 Å². The molecule has 0 aliphatic carbocycles. The van der Waals surface area contributed by atoms with E-state index in [2.05, 4.69) is 15.2 Å². The van der Waals surface area contributed by atoms with Gasteiger partial charge in [-0.1, -0.05) is 6.07 Å². The van der Waals surface area contributed by atoms with Crippen molar-refractivity contribution in [3.05, 3.63) is 29.6 Å². The van der Waals surface area contributed by atoms with E-state index in [9.17, 15) is 9.50 Å². The molecule has 1 atom stereocenters. The zero-order chi connectivity index (χ0) is 16.7. The lowest BCUT2D eigenvalue weighted by atomic mass is 10.1. The molecule has 1 aromatic carbocycles.